The molecule has 106 valence electrons. The lowest BCUT2D eigenvalue weighted by atomic mass is 9.94. The molecule has 1 fully saturated rings. The highest BCUT2D eigenvalue weighted by Crippen LogP contribution is 2.21. The van der Waals surface area contributed by atoms with Gasteiger partial charge in [0.25, 0.3) is 0 Å². The Labute approximate surface area is 116 Å². The second kappa shape index (κ2) is 7.43. The maximum absolute atomic E-state index is 4.34. The summed E-state index contributed by atoms with van der Waals surface area (Å²) in [6.07, 6.45) is 9.98. The minimum Gasteiger partial charge on any atom is -0.370 e. The third-order valence-corrected chi connectivity index (χ3v) is 3.97. The first-order valence-corrected chi connectivity index (χ1v) is 7.49. The predicted molar refractivity (Wildman–Crippen MR) is 79.4 cm³/mol. The molecular weight excluding hydrogens is 236 g/mol. The third kappa shape index (κ3) is 4.78. The number of anilines is 1. The molecule has 1 N–H and O–H groups in total. The number of hydrogen-bond donors (Lipinski definition) is 1. The SMILES string of the molecule is Cc1nccc(NCCCN(C)C2CCCCC2)n1. The van der Waals surface area contributed by atoms with Crippen molar-refractivity contribution in [2.24, 2.45) is 0 Å². The van der Waals surface area contributed by atoms with Crippen LogP contribution in [-0.4, -0.2) is 41.0 Å². The van der Waals surface area contributed by atoms with E-state index >= 15 is 0 Å². The minimum atomic E-state index is 0.815. The number of nitrogens with one attached hydrogen (secondary N) is 1. The number of rotatable bonds is 6. The summed E-state index contributed by atoms with van der Waals surface area (Å²) >= 11 is 0. The summed E-state index contributed by atoms with van der Waals surface area (Å²) in [5.74, 6) is 1.76. The van der Waals surface area contributed by atoms with Gasteiger partial charge in [0.15, 0.2) is 0 Å². The lowest BCUT2D eigenvalue weighted by molar-refractivity contribution is 0.191. The van der Waals surface area contributed by atoms with Crippen LogP contribution in [0.1, 0.15) is 44.3 Å². The molecule has 1 aliphatic rings. The Hall–Kier alpha value is -1.16. The maximum atomic E-state index is 4.34. The highest BCUT2D eigenvalue weighted by molar-refractivity contribution is 5.32. The quantitative estimate of drug-likeness (QED) is 0.800. The van der Waals surface area contributed by atoms with Crippen molar-refractivity contribution in [2.75, 3.05) is 25.5 Å². The predicted octanol–water partition coefficient (Wildman–Crippen LogP) is 2.85. The Morgan fingerprint density at radius 3 is 2.84 bits per heavy atom. The molecule has 4 nitrogen and oxygen atoms in total. The molecule has 1 aromatic rings. The molecule has 0 spiro atoms. The van der Waals surface area contributed by atoms with Gasteiger partial charge in [0.2, 0.25) is 0 Å². The molecule has 1 heterocycles. The van der Waals surface area contributed by atoms with E-state index in [0.29, 0.717) is 0 Å². The maximum Gasteiger partial charge on any atom is 0.129 e. The molecule has 0 aromatic carbocycles. The average Bonchev–Trinajstić information content (AvgIpc) is 2.44. The van der Waals surface area contributed by atoms with Crippen molar-refractivity contribution < 1.29 is 0 Å². The van der Waals surface area contributed by atoms with E-state index in [2.05, 4.69) is 27.2 Å². The van der Waals surface area contributed by atoms with Crippen molar-refractivity contribution in [3.05, 3.63) is 18.1 Å². The molecule has 0 atom stereocenters. The topological polar surface area (TPSA) is 41.1 Å². The molecule has 0 bridgehead atoms. The summed E-state index contributed by atoms with van der Waals surface area (Å²) in [4.78, 5) is 11.0. The van der Waals surface area contributed by atoms with E-state index in [0.717, 1.165) is 30.6 Å². The zero-order chi connectivity index (χ0) is 13.5. The first kappa shape index (κ1) is 14.3. The standard InChI is InChI=1S/C15H26N4/c1-13-16-11-9-15(18-13)17-10-6-12-19(2)14-7-4-3-5-8-14/h9,11,14H,3-8,10,12H2,1-2H3,(H,16,17,18). The number of nitrogens with zero attached hydrogens (tertiary/aromatic N) is 3. The van der Waals surface area contributed by atoms with Crippen molar-refractivity contribution in [3.8, 4) is 0 Å². The van der Waals surface area contributed by atoms with Crippen LogP contribution < -0.4 is 5.32 Å². The number of hydrogen-bond acceptors (Lipinski definition) is 4. The van der Waals surface area contributed by atoms with Gasteiger partial charge in [-0.3, -0.25) is 0 Å². The molecule has 0 aliphatic heterocycles. The van der Waals surface area contributed by atoms with E-state index < -0.39 is 0 Å². The fourth-order valence-electron chi connectivity index (χ4n) is 2.80. The molecule has 2 rings (SSSR count). The highest BCUT2D eigenvalue weighted by Gasteiger charge is 2.17. The van der Waals surface area contributed by atoms with Gasteiger partial charge in [0.1, 0.15) is 11.6 Å². The van der Waals surface area contributed by atoms with Crippen LogP contribution >= 0.6 is 0 Å². The summed E-state index contributed by atoms with van der Waals surface area (Å²) < 4.78 is 0. The molecular formula is C15H26N4. The van der Waals surface area contributed by atoms with Crippen LogP contribution in [0.25, 0.3) is 0 Å². The minimum absolute atomic E-state index is 0.815. The Morgan fingerprint density at radius 1 is 1.32 bits per heavy atom. The van der Waals surface area contributed by atoms with Crippen LogP contribution in [0.5, 0.6) is 0 Å². The van der Waals surface area contributed by atoms with Crippen molar-refractivity contribution in [1.82, 2.24) is 14.9 Å². The normalized spacial score (nSPS) is 16.8. The fourth-order valence-corrected chi connectivity index (χ4v) is 2.80. The molecule has 0 unspecified atom stereocenters. The molecule has 1 aromatic heterocycles. The van der Waals surface area contributed by atoms with Gasteiger partial charge in [0, 0.05) is 18.8 Å². The highest BCUT2D eigenvalue weighted by atomic mass is 15.1. The van der Waals surface area contributed by atoms with Crippen LogP contribution in [0, 0.1) is 6.92 Å². The third-order valence-electron chi connectivity index (χ3n) is 3.97. The van der Waals surface area contributed by atoms with Gasteiger partial charge in [-0.15, -0.1) is 0 Å². The summed E-state index contributed by atoms with van der Waals surface area (Å²) in [6, 6.07) is 2.74. The molecule has 0 amide bonds. The van der Waals surface area contributed by atoms with E-state index in [1.807, 2.05) is 13.0 Å². The van der Waals surface area contributed by atoms with Crippen LogP contribution in [-0.2, 0) is 0 Å². The lowest BCUT2D eigenvalue weighted by Gasteiger charge is -2.31. The first-order valence-electron chi connectivity index (χ1n) is 7.49. The van der Waals surface area contributed by atoms with Crippen molar-refractivity contribution in [1.29, 1.82) is 0 Å². The molecule has 1 aliphatic carbocycles. The van der Waals surface area contributed by atoms with E-state index in [4.69, 9.17) is 0 Å². The molecule has 19 heavy (non-hydrogen) atoms. The Kier molecular flexibility index (Phi) is 5.58. The van der Waals surface area contributed by atoms with Crippen molar-refractivity contribution in [2.45, 2.75) is 51.5 Å². The summed E-state index contributed by atoms with van der Waals surface area (Å²) in [5.41, 5.74) is 0. The molecule has 4 heteroatoms. The first-order chi connectivity index (χ1) is 9.25. The van der Waals surface area contributed by atoms with Crippen LogP contribution in [0.3, 0.4) is 0 Å². The molecule has 0 saturated heterocycles. The summed E-state index contributed by atoms with van der Waals surface area (Å²) in [6.45, 7) is 4.07. The average molecular weight is 262 g/mol. The van der Waals surface area contributed by atoms with Crippen LogP contribution in [0.2, 0.25) is 0 Å². The lowest BCUT2D eigenvalue weighted by Crippen LogP contribution is -2.34. The van der Waals surface area contributed by atoms with Crippen molar-refractivity contribution in [3.63, 3.8) is 0 Å². The zero-order valence-corrected chi connectivity index (χ0v) is 12.2. The Morgan fingerprint density at radius 2 is 2.11 bits per heavy atom. The second-order valence-electron chi connectivity index (χ2n) is 5.54. The largest absolute Gasteiger partial charge is 0.370 e. The van der Waals surface area contributed by atoms with Gasteiger partial charge >= 0.3 is 0 Å². The van der Waals surface area contributed by atoms with Crippen molar-refractivity contribution >= 4 is 5.82 Å². The van der Waals surface area contributed by atoms with Gasteiger partial charge in [-0.25, -0.2) is 9.97 Å². The molecule has 1 saturated carbocycles. The van der Waals surface area contributed by atoms with Gasteiger partial charge in [-0.2, -0.15) is 0 Å². The number of aryl methyl sites for hydroxylation is 1. The second-order valence-corrected chi connectivity index (χ2v) is 5.54. The monoisotopic (exact) mass is 262 g/mol. The van der Waals surface area contributed by atoms with Gasteiger partial charge in [-0.05, 0) is 45.8 Å². The van der Waals surface area contributed by atoms with E-state index in [1.165, 1.54) is 38.6 Å². The zero-order valence-electron chi connectivity index (χ0n) is 12.2. The smallest absolute Gasteiger partial charge is 0.129 e. The Balaban J connectivity index is 1.63. The van der Waals surface area contributed by atoms with Crippen LogP contribution in [0.4, 0.5) is 5.82 Å². The van der Waals surface area contributed by atoms with E-state index in [9.17, 15) is 0 Å². The molecule has 0 radical (unpaired) electrons. The Bertz CT molecular complexity index is 374. The summed E-state index contributed by atoms with van der Waals surface area (Å²) in [5, 5.41) is 3.37. The van der Waals surface area contributed by atoms with Crippen LogP contribution in [0.15, 0.2) is 12.3 Å². The van der Waals surface area contributed by atoms with Gasteiger partial charge in [0.05, 0.1) is 0 Å². The fraction of sp³-hybridized carbons (Fsp3) is 0.733. The van der Waals surface area contributed by atoms with Gasteiger partial charge in [-0.1, -0.05) is 19.3 Å². The van der Waals surface area contributed by atoms with Gasteiger partial charge < -0.3 is 10.2 Å². The van der Waals surface area contributed by atoms with E-state index in [1.54, 1.807) is 6.20 Å². The number of aromatic nitrogens is 2. The van der Waals surface area contributed by atoms with E-state index in [-0.39, 0.29) is 0 Å². The summed E-state index contributed by atoms with van der Waals surface area (Å²) in [7, 11) is 2.27.